The molecule has 1 saturated carbocycles. The highest BCUT2D eigenvalue weighted by atomic mass is 32.1. The number of likely N-dealkylation sites (tertiary alicyclic amines) is 1. The number of hydrogen-bond donors (Lipinski definition) is 1. The molecule has 0 spiro atoms. The van der Waals surface area contributed by atoms with E-state index in [4.69, 9.17) is 0 Å². The van der Waals surface area contributed by atoms with E-state index in [1.807, 2.05) is 38.1 Å². The number of thiazole rings is 1. The summed E-state index contributed by atoms with van der Waals surface area (Å²) in [5, 5.41) is 3.55. The van der Waals surface area contributed by atoms with Gasteiger partial charge in [-0.3, -0.25) is 9.59 Å². The number of amides is 2. The molecule has 0 radical (unpaired) electrons. The van der Waals surface area contributed by atoms with Crippen LogP contribution in [0.25, 0.3) is 10.4 Å². The summed E-state index contributed by atoms with van der Waals surface area (Å²) >= 11 is 1.48. The van der Waals surface area contributed by atoms with E-state index >= 15 is 0 Å². The predicted molar refractivity (Wildman–Crippen MR) is 127 cm³/mol. The molecule has 1 aliphatic carbocycles. The molecule has 1 N–H and O–H groups in total. The number of aromatic nitrogens is 1. The number of nitrogens with one attached hydrogen (secondary N) is 1. The maximum absolute atomic E-state index is 13.6. The highest BCUT2D eigenvalue weighted by Crippen LogP contribution is 2.50. The van der Waals surface area contributed by atoms with Gasteiger partial charge in [-0.05, 0) is 55.9 Å². The quantitative estimate of drug-likeness (QED) is 0.516. The molecule has 0 bridgehead atoms. The van der Waals surface area contributed by atoms with Gasteiger partial charge >= 0.3 is 6.18 Å². The molecule has 3 aromatic rings. The lowest BCUT2D eigenvalue weighted by molar-refractivity contribution is -0.137. The molecule has 2 amide bonds. The van der Waals surface area contributed by atoms with Gasteiger partial charge < -0.3 is 10.2 Å². The van der Waals surface area contributed by atoms with Gasteiger partial charge in [0.1, 0.15) is 5.69 Å². The van der Waals surface area contributed by atoms with Crippen LogP contribution in [-0.2, 0) is 6.18 Å². The fraction of sp³-hybridized carbons (Fsp3) is 0.346. The molecule has 182 valence electrons. The van der Waals surface area contributed by atoms with E-state index in [0.717, 1.165) is 39.6 Å². The number of carbonyl (C=O) groups excluding carboxylic acids is 2. The molecule has 1 aliphatic heterocycles. The van der Waals surface area contributed by atoms with Crippen LogP contribution >= 0.6 is 11.3 Å². The van der Waals surface area contributed by atoms with Crippen molar-refractivity contribution in [3.8, 4) is 10.4 Å². The Morgan fingerprint density at radius 2 is 1.91 bits per heavy atom. The van der Waals surface area contributed by atoms with Crippen molar-refractivity contribution in [2.75, 3.05) is 13.1 Å². The number of carbonyl (C=O) groups is 2. The molecule has 1 unspecified atom stereocenters. The average molecular weight is 500 g/mol. The first-order chi connectivity index (χ1) is 16.6. The summed E-state index contributed by atoms with van der Waals surface area (Å²) in [5.74, 6) is -0.0894. The van der Waals surface area contributed by atoms with Gasteiger partial charge in [0.15, 0.2) is 0 Å². The summed E-state index contributed by atoms with van der Waals surface area (Å²) in [5.41, 5.74) is 1.52. The number of rotatable bonds is 5. The minimum atomic E-state index is -4.52. The number of alkyl halides is 3. The molecular weight excluding hydrogens is 475 g/mol. The predicted octanol–water partition coefficient (Wildman–Crippen LogP) is 5.34. The number of piperidine rings is 1. The van der Waals surface area contributed by atoms with Gasteiger partial charge in [0.25, 0.3) is 11.8 Å². The zero-order chi connectivity index (χ0) is 24.9. The Morgan fingerprint density at radius 3 is 2.66 bits per heavy atom. The standard InChI is InChI=1S/C26H24F3N3O2S/c1-14-5-3-6-16(9-14)23-22(31-15(2)35-23)25(34)32-13-18-11-20(18)21(32)12-30-24(33)17-7-4-8-19(10-17)26(27,28)29/h3-10,18,20-21H,11-13H2,1-2H3,(H,30,33)/t18-,20?,21+/m0/s1. The number of halogens is 3. The van der Waals surface area contributed by atoms with E-state index in [-0.39, 0.29) is 30.0 Å². The molecule has 35 heavy (non-hydrogen) atoms. The summed E-state index contributed by atoms with van der Waals surface area (Å²) in [6.45, 7) is 4.65. The Bertz CT molecular complexity index is 1300. The first-order valence-electron chi connectivity index (χ1n) is 11.4. The molecule has 2 aromatic carbocycles. The van der Waals surface area contributed by atoms with Crippen molar-refractivity contribution in [2.24, 2.45) is 11.8 Å². The Kier molecular flexibility index (Phi) is 5.91. The van der Waals surface area contributed by atoms with Crippen LogP contribution in [0.4, 0.5) is 13.2 Å². The summed E-state index contributed by atoms with van der Waals surface area (Å²) in [4.78, 5) is 33.4. The Labute approximate surface area is 205 Å². The van der Waals surface area contributed by atoms with Crippen molar-refractivity contribution in [1.82, 2.24) is 15.2 Å². The number of aryl methyl sites for hydroxylation is 2. The monoisotopic (exact) mass is 499 g/mol. The van der Waals surface area contributed by atoms with Gasteiger partial charge in [0.05, 0.1) is 21.5 Å². The van der Waals surface area contributed by atoms with E-state index in [9.17, 15) is 22.8 Å². The van der Waals surface area contributed by atoms with Crippen LogP contribution in [0.2, 0.25) is 0 Å². The minimum absolute atomic E-state index is 0.0556. The molecule has 1 saturated heterocycles. The number of benzene rings is 2. The summed E-state index contributed by atoms with van der Waals surface area (Å²) in [7, 11) is 0. The van der Waals surface area contributed by atoms with E-state index < -0.39 is 17.6 Å². The van der Waals surface area contributed by atoms with Gasteiger partial charge in [-0.2, -0.15) is 13.2 Å². The summed E-state index contributed by atoms with van der Waals surface area (Å²) in [6, 6.07) is 12.1. The third kappa shape index (κ3) is 4.69. The molecular formula is C26H24F3N3O2S. The van der Waals surface area contributed by atoms with Crippen LogP contribution in [0.15, 0.2) is 48.5 Å². The lowest BCUT2D eigenvalue weighted by Crippen LogP contribution is -2.45. The first kappa shape index (κ1) is 23.5. The Balaban J connectivity index is 1.34. The molecule has 3 atom stereocenters. The zero-order valence-corrected chi connectivity index (χ0v) is 20.0. The molecule has 2 heterocycles. The molecule has 2 fully saturated rings. The Morgan fingerprint density at radius 1 is 1.14 bits per heavy atom. The highest BCUT2D eigenvalue weighted by Gasteiger charge is 2.54. The van der Waals surface area contributed by atoms with Crippen LogP contribution < -0.4 is 5.32 Å². The summed E-state index contributed by atoms with van der Waals surface area (Å²) < 4.78 is 39.1. The van der Waals surface area contributed by atoms with Crippen molar-refractivity contribution in [2.45, 2.75) is 32.5 Å². The maximum atomic E-state index is 13.6. The van der Waals surface area contributed by atoms with E-state index in [2.05, 4.69) is 10.3 Å². The fourth-order valence-corrected chi connectivity index (χ4v) is 5.80. The second-order valence-electron chi connectivity index (χ2n) is 9.25. The van der Waals surface area contributed by atoms with Crippen molar-refractivity contribution in [1.29, 1.82) is 0 Å². The lowest BCUT2D eigenvalue weighted by Gasteiger charge is -2.27. The van der Waals surface area contributed by atoms with E-state index in [0.29, 0.717) is 18.2 Å². The lowest BCUT2D eigenvalue weighted by atomic mass is 10.1. The molecule has 2 aliphatic rings. The van der Waals surface area contributed by atoms with Crippen LogP contribution in [0.5, 0.6) is 0 Å². The average Bonchev–Trinajstić information content (AvgIpc) is 3.33. The largest absolute Gasteiger partial charge is 0.416 e. The number of hydrogen-bond acceptors (Lipinski definition) is 4. The number of nitrogens with zero attached hydrogens (tertiary/aromatic N) is 2. The SMILES string of the molecule is Cc1cccc(-c2sc(C)nc2C(=O)N2C[C@@H]3CC3[C@H]2CNC(=O)c2cccc(C(F)(F)F)c2)c1. The topological polar surface area (TPSA) is 62.3 Å². The third-order valence-electron chi connectivity index (χ3n) is 6.70. The van der Waals surface area contributed by atoms with Crippen molar-refractivity contribution >= 4 is 23.2 Å². The summed E-state index contributed by atoms with van der Waals surface area (Å²) in [6.07, 6.45) is -3.54. The van der Waals surface area contributed by atoms with Gasteiger partial charge in [0.2, 0.25) is 0 Å². The van der Waals surface area contributed by atoms with Crippen LogP contribution in [-0.4, -0.2) is 40.8 Å². The normalized spacial score (nSPS) is 21.1. The molecule has 5 nitrogen and oxygen atoms in total. The second-order valence-corrected chi connectivity index (χ2v) is 10.5. The molecule has 5 rings (SSSR count). The van der Waals surface area contributed by atoms with Gasteiger partial charge in [0, 0.05) is 18.7 Å². The molecule has 1 aromatic heterocycles. The third-order valence-corrected chi connectivity index (χ3v) is 7.72. The highest BCUT2D eigenvalue weighted by molar-refractivity contribution is 7.15. The Hall–Kier alpha value is -3.20. The number of fused-ring (bicyclic) bond motifs is 1. The van der Waals surface area contributed by atoms with Gasteiger partial charge in [-0.1, -0.05) is 35.9 Å². The van der Waals surface area contributed by atoms with Crippen LogP contribution in [0.3, 0.4) is 0 Å². The fourth-order valence-electron chi connectivity index (χ4n) is 4.89. The van der Waals surface area contributed by atoms with E-state index in [1.165, 1.54) is 23.5 Å². The maximum Gasteiger partial charge on any atom is 0.416 e. The minimum Gasteiger partial charge on any atom is -0.350 e. The van der Waals surface area contributed by atoms with Crippen molar-refractivity contribution in [3.05, 3.63) is 75.9 Å². The van der Waals surface area contributed by atoms with Gasteiger partial charge in [-0.25, -0.2) is 4.98 Å². The smallest absolute Gasteiger partial charge is 0.350 e. The van der Waals surface area contributed by atoms with Crippen molar-refractivity contribution < 1.29 is 22.8 Å². The van der Waals surface area contributed by atoms with E-state index in [1.54, 1.807) is 4.90 Å². The van der Waals surface area contributed by atoms with Gasteiger partial charge in [-0.15, -0.1) is 11.3 Å². The van der Waals surface area contributed by atoms with Crippen molar-refractivity contribution in [3.63, 3.8) is 0 Å². The second kappa shape index (κ2) is 8.78. The van der Waals surface area contributed by atoms with Crippen LogP contribution in [0, 0.1) is 25.7 Å². The zero-order valence-electron chi connectivity index (χ0n) is 19.2. The first-order valence-corrected chi connectivity index (χ1v) is 12.2. The molecule has 9 heteroatoms. The van der Waals surface area contributed by atoms with Crippen LogP contribution in [0.1, 0.15) is 43.4 Å².